The van der Waals surface area contributed by atoms with Gasteiger partial charge in [0.2, 0.25) is 11.8 Å². The van der Waals surface area contributed by atoms with E-state index in [4.69, 9.17) is 0 Å². The van der Waals surface area contributed by atoms with Crippen molar-refractivity contribution in [3.63, 3.8) is 0 Å². The number of unbranched alkanes of at least 4 members (excludes halogenated alkanes) is 2. The molecule has 2 amide bonds. The molecule has 18 heavy (non-hydrogen) atoms. The highest BCUT2D eigenvalue weighted by Gasteiger charge is 2.35. The van der Waals surface area contributed by atoms with E-state index < -0.39 is 0 Å². The van der Waals surface area contributed by atoms with Crippen molar-refractivity contribution in [2.75, 3.05) is 6.54 Å². The maximum atomic E-state index is 12.5. The summed E-state index contributed by atoms with van der Waals surface area (Å²) >= 11 is 0. The van der Waals surface area contributed by atoms with Crippen LogP contribution in [0, 0.1) is 5.41 Å². The molecule has 0 aliphatic rings. The maximum Gasteiger partial charge on any atom is 0.235 e. The van der Waals surface area contributed by atoms with Crippen molar-refractivity contribution in [3.8, 4) is 0 Å². The molecule has 0 aromatic rings. The molecule has 0 aliphatic carbocycles. The molecule has 1 unspecified atom stereocenters. The number of rotatable bonds is 8. The summed E-state index contributed by atoms with van der Waals surface area (Å²) in [5.41, 5.74) is -0.379. The van der Waals surface area contributed by atoms with Gasteiger partial charge >= 0.3 is 0 Å². The van der Waals surface area contributed by atoms with E-state index in [1.807, 2.05) is 20.8 Å². The minimum absolute atomic E-state index is 0.00968. The fourth-order valence-corrected chi connectivity index (χ4v) is 2.15. The Labute approximate surface area is 112 Å². The van der Waals surface area contributed by atoms with E-state index in [0.29, 0.717) is 13.0 Å². The molecule has 0 N–H and O–H groups in total. The Balaban J connectivity index is 4.79. The summed E-state index contributed by atoms with van der Waals surface area (Å²) in [6.07, 6.45) is 5.43. The molecule has 0 aliphatic heterocycles. The average molecular weight is 255 g/mol. The van der Waals surface area contributed by atoms with Gasteiger partial charge in [-0.15, -0.1) is 0 Å². The van der Waals surface area contributed by atoms with Gasteiger partial charge in [-0.3, -0.25) is 14.5 Å². The predicted octanol–water partition coefficient (Wildman–Crippen LogP) is 3.77. The van der Waals surface area contributed by atoms with Gasteiger partial charge in [0.15, 0.2) is 0 Å². The van der Waals surface area contributed by atoms with E-state index >= 15 is 0 Å². The van der Waals surface area contributed by atoms with Crippen molar-refractivity contribution in [1.29, 1.82) is 0 Å². The number of hydrogen-bond acceptors (Lipinski definition) is 2. The highest BCUT2D eigenvalue weighted by Crippen LogP contribution is 2.31. The largest absolute Gasteiger partial charge is 0.282 e. The average Bonchev–Trinajstić information content (AvgIpc) is 2.39. The standard InChI is InChI=1S/C15H29NO2/c1-6-10-11-12-15(5,8-3)14(18)16(9-4)13(17)7-2/h6-12H2,1-5H3. The lowest BCUT2D eigenvalue weighted by atomic mass is 9.80. The third-order valence-electron chi connectivity index (χ3n) is 3.79. The van der Waals surface area contributed by atoms with Crippen molar-refractivity contribution in [1.82, 2.24) is 4.90 Å². The van der Waals surface area contributed by atoms with Crippen LogP contribution in [0.1, 0.15) is 73.1 Å². The maximum absolute atomic E-state index is 12.5. The minimum Gasteiger partial charge on any atom is -0.282 e. The lowest BCUT2D eigenvalue weighted by Crippen LogP contribution is -2.45. The first kappa shape index (κ1) is 17.1. The smallest absolute Gasteiger partial charge is 0.235 e. The number of imide groups is 1. The van der Waals surface area contributed by atoms with Gasteiger partial charge in [-0.1, -0.05) is 47.0 Å². The van der Waals surface area contributed by atoms with Crippen molar-refractivity contribution in [2.24, 2.45) is 5.41 Å². The van der Waals surface area contributed by atoms with Crippen LogP contribution in [-0.2, 0) is 9.59 Å². The second kappa shape index (κ2) is 8.28. The first-order chi connectivity index (χ1) is 8.46. The summed E-state index contributed by atoms with van der Waals surface area (Å²) in [5, 5.41) is 0. The van der Waals surface area contributed by atoms with Gasteiger partial charge in [0.1, 0.15) is 0 Å². The van der Waals surface area contributed by atoms with E-state index in [9.17, 15) is 9.59 Å². The zero-order valence-corrected chi connectivity index (χ0v) is 12.7. The molecule has 0 bridgehead atoms. The van der Waals surface area contributed by atoms with Gasteiger partial charge in [0, 0.05) is 18.4 Å². The Morgan fingerprint density at radius 1 is 1.06 bits per heavy atom. The highest BCUT2D eigenvalue weighted by atomic mass is 16.2. The lowest BCUT2D eigenvalue weighted by Gasteiger charge is -2.32. The Bertz CT molecular complexity index is 276. The van der Waals surface area contributed by atoms with Gasteiger partial charge in [0.25, 0.3) is 0 Å². The van der Waals surface area contributed by atoms with Crippen LogP contribution in [0.2, 0.25) is 0 Å². The fourth-order valence-electron chi connectivity index (χ4n) is 2.15. The summed E-state index contributed by atoms with van der Waals surface area (Å²) < 4.78 is 0. The number of carbonyl (C=O) groups excluding carboxylic acids is 2. The van der Waals surface area contributed by atoms with E-state index in [0.717, 1.165) is 32.1 Å². The van der Waals surface area contributed by atoms with Gasteiger partial charge in [-0.05, 0) is 19.8 Å². The summed E-state index contributed by atoms with van der Waals surface area (Å²) in [6.45, 7) is 10.3. The third kappa shape index (κ3) is 4.43. The van der Waals surface area contributed by atoms with Crippen molar-refractivity contribution in [2.45, 2.75) is 73.1 Å². The molecule has 0 saturated carbocycles. The van der Waals surface area contributed by atoms with E-state index in [1.165, 1.54) is 4.90 Å². The molecule has 1 atom stereocenters. The van der Waals surface area contributed by atoms with Crippen LogP contribution < -0.4 is 0 Å². The van der Waals surface area contributed by atoms with Crippen LogP contribution in [0.15, 0.2) is 0 Å². The molecule has 0 radical (unpaired) electrons. The van der Waals surface area contributed by atoms with Gasteiger partial charge in [-0.2, -0.15) is 0 Å². The Kier molecular flexibility index (Phi) is 7.88. The summed E-state index contributed by atoms with van der Waals surface area (Å²) in [6, 6.07) is 0. The van der Waals surface area contributed by atoms with Crippen molar-refractivity contribution in [3.05, 3.63) is 0 Å². The van der Waals surface area contributed by atoms with Crippen LogP contribution in [0.5, 0.6) is 0 Å². The lowest BCUT2D eigenvalue weighted by molar-refractivity contribution is -0.151. The number of amides is 2. The second-order valence-electron chi connectivity index (χ2n) is 5.17. The summed E-state index contributed by atoms with van der Waals surface area (Å²) in [7, 11) is 0. The Morgan fingerprint density at radius 2 is 1.67 bits per heavy atom. The van der Waals surface area contributed by atoms with Crippen LogP contribution >= 0.6 is 0 Å². The zero-order valence-electron chi connectivity index (χ0n) is 12.7. The van der Waals surface area contributed by atoms with Crippen molar-refractivity contribution < 1.29 is 9.59 Å². The number of hydrogen-bond donors (Lipinski definition) is 0. The molecule has 0 fully saturated rings. The molecular formula is C15H29NO2. The number of nitrogens with zero attached hydrogens (tertiary/aromatic N) is 1. The van der Waals surface area contributed by atoms with Gasteiger partial charge < -0.3 is 0 Å². The van der Waals surface area contributed by atoms with Crippen LogP contribution in [-0.4, -0.2) is 23.3 Å². The van der Waals surface area contributed by atoms with Crippen LogP contribution in [0.25, 0.3) is 0 Å². The summed E-state index contributed by atoms with van der Waals surface area (Å²) in [5.74, 6) is -0.0480. The van der Waals surface area contributed by atoms with Crippen LogP contribution in [0.3, 0.4) is 0 Å². The highest BCUT2D eigenvalue weighted by molar-refractivity contribution is 5.97. The third-order valence-corrected chi connectivity index (χ3v) is 3.79. The quantitative estimate of drug-likeness (QED) is 0.619. The monoisotopic (exact) mass is 255 g/mol. The first-order valence-electron chi connectivity index (χ1n) is 7.31. The molecule has 0 spiro atoms. The SMILES string of the molecule is CCCCCC(C)(CC)C(=O)N(CC)C(=O)CC. The van der Waals surface area contributed by atoms with Gasteiger partial charge in [-0.25, -0.2) is 0 Å². The fraction of sp³-hybridized carbons (Fsp3) is 0.867. The van der Waals surface area contributed by atoms with E-state index in [-0.39, 0.29) is 17.2 Å². The molecule has 0 aromatic heterocycles. The topological polar surface area (TPSA) is 37.4 Å². The minimum atomic E-state index is -0.379. The molecule has 3 nitrogen and oxygen atoms in total. The first-order valence-corrected chi connectivity index (χ1v) is 7.31. The molecule has 0 rings (SSSR count). The molecule has 0 saturated heterocycles. The Hall–Kier alpha value is -0.860. The molecule has 0 aromatic carbocycles. The second-order valence-corrected chi connectivity index (χ2v) is 5.17. The summed E-state index contributed by atoms with van der Waals surface area (Å²) in [4.78, 5) is 25.7. The Morgan fingerprint density at radius 3 is 2.06 bits per heavy atom. The molecule has 0 heterocycles. The van der Waals surface area contributed by atoms with Gasteiger partial charge in [0.05, 0.1) is 0 Å². The van der Waals surface area contributed by atoms with E-state index in [2.05, 4.69) is 6.92 Å². The predicted molar refractivity (Wildman–Crippen MR) is 75.2 cm³/mol. The molecular weight excluding hydrogens is 226 g/mol. The number of carbonyl (C=O) groups is 2. The molecule has 3 heteroatoms. The van der Waals surface area contributed by atoms with E-state index in [1.54, 1.807) is 6.92 Å². The van der Waals surface area contributed by atoms with Crippen LogP contribution in [0.4, 0.5) is 0 Å². The van der Waals surface area contributed by atoms with Crippen molar-refractivity contribution >= 4 is 11.8 Å². The normalized spacial score (nSPS) is 14.1. The molecule has 106 valence electrons. The zero-order chi connectivity index (χ0) is 14.2.